The number of Topliss-reactive ketones (excluding diaryl/α,β-unsaturated/α-hetero) is 1. The van der Waals surface area contributed by atoms with Gasteiger partial charge in [-0.25, -0.2) is 0 Å². The Kier molecular flexibility index (Phi) is 3.86. The average Bonchev–Trinajstić information content (AvgIpc) is 2.85. The van der Waals surface area contributed by atoms with Crippen LogP contribution in [0.2, 0.25) is 0 Å². The molecule has 4 saturated carbocycles. The molecule has 0 aromatic rings. The summed E-state index contributed by atoms with van der Waals surface area (Å²) < 4.78 is 11.3. The van der Waals surface area contributed by atoms with Crippen molar-refractivity contribution >= 4 is 11.8 Å². The molecule has 4 bridgehead atoms. The highest BCUT2D eigenvalue weighted by atomic mass is 16.6. The predicted molar refractivity (Wildman–Crippen MR) is 100 cm³/mol. The van der Waals surface area contributed by atoms with Gasteiger partial charge in [-0.1, -0.05) is 19.9 Å². The Balaban J connectivity index is 1.68. The van der Waals surface area contributed by atoms with E-state index in [-0.39, 0.29) is 24.9 Å². The third-order valence-corrected chi connectivity index (χ3v) is 9.10. The lowest BCUT2D eigenvalue weighted by Gasteiger charge is -2.74. The highest BCUT2D eigenvalue weighted by Gasteiger charge is 2.84. The second kappa shape index (κ2) is 5.69. The van der Waals surface area contributed by atoms with Crippen molar-refractivity contribution < 1.29 is 34.4 Å². The van der Waals surface area contributed by atoms with E-state index in [0.717, 1.165) is 12.8 Å². The predicted octanol–water partition coefficient (Wildman–Crippen LogP) is 0.948. The van der Waals surface area contributed by atoms with E-state index >= 15 is 0 Å². The summed E-state index contributed by atoms with van der Waals surface area (Å²) in [5.41, 5.74) is -2.19. The van der Waals surface area contributed by atoms with Gasteiger partial charge in [-0.3, -0.25) is 9.59 Å². The fraction of sp³-hybridized carbons (Fsp3) is 0.818. The first-order chi connectivity index (χ1) is 13.5. The number of rotatable bonds is 2. The van der Waals surface area contributed by atoms with Gasteiger partial charge in [0.25, 0.3) is 0 Å². The summed E-state index contributed by atoms with van der Waals surface area (Å²) in [6.07, 6.45) is 0.925. The SMILES string of the molecule is C=C1C(=O)[C@]23C[C@H]1C[C@@H](O)[C@@H]2[C@]12CCC[C@@](C)(COC(C)=O)[C@H]1[C@H](O)[C@@]3(O)OC2. The first-order valence-electron chi connectivity index (χ1n) is 10.6. The minimum absolute atomic E-state index is 0.126. The maximum Gasteiger partial charge on any atom is 0.302 e. The summed E-state index contributed by atoms with van der Waals surface area (Å²) >= 11 is 0. The molecule has 2 saturated heterocycles. The van der Waals surface area contributed by atoms with Crippen molar-refractivity contribution in [3.8, 4) is 0 Å². The number of carbonyl (C=O) groups excluding carboxylic acids is 2. The molecule has 0 amide bonds. The van der Waals surface area contributed by atoms with E-state index < -0.39 is 52.0 Å². The normalized spacial score (nSPS) is 55.4. The van der Waals surface area contributed by atoms with Gasteiger partial charge in [-0.2, -0.15) is 0 Å². The number of esters is 1. The van der Waals surface area contributed by atoms with Gasteiger partial charge in [-0.05, 0) is 37.2 Å². The zero-order valence-electron chi connectivity index (χ0n) is 17.0. The van der Waals surface area contributed by atoms with Crippen LogP contribution in [0.3, 0.4) is 0 Å². The Morgan fingerprint density at radius 1 is 1.31 bits per heavy atom. The van der Waals surface area contributed by atoms with E-state index in [1.54, 1.807) is 0 Å². The van der Waals surface area contributed by atoms with Crippen LogP contribution in [0, 0.1) is 34.0 Å². The van der Waals surface area contributed by atoms with Crippen molar-refractivity contribution in [2.24, 2.45) is 34.0 Å². The summed E-state index contributed by atoms with van der Waals surface area (Å²) in [7, 11) is 0. The number of hydrogen-bond donors (Lipinski definition) is 3. The molecular weight excluding hydrogens is 376 g/mol. The molecule has 0 radical (unpaired) electrons. The van der Waals surface area contributed by atoms with Gasteiger partial charge in [0.2, 0.25) is 5.79 Å². The molecule has 0 aromatic heterocycles. The molecule has 3 N–H and O–H groups in total. The van der Waals surface area contributed by atoms with Gasteiger partial charge < -0.3 is 24.8 Å². The molecule has 6 fully saturated rings. The molecule has 160 valence electrons. The smallest absolute Gasteiger partial charge is 0.302 e. The summed E-state index contributed by atoms with van der Waals surface area (Å²) in [5.74, 6) is -3.90. The molecule has 9 atom stereocenters. The molecular formula is C22H30O7. The van der Waals surface area contributed by atoms with E-state index in [4.69, 9.17) is 9.47 Å². The van der Waals surface area contributed by atoms with Gasteiger partial charge in [0.15, 0.2) is 5.78 Å². The van der Waals surface area contributed by atoms with Crippen molar-refractivity contribution in [1.29, 1.82) is 0 Å². The lowest BCUT2D eigenvalue weighted by Crippen LogP contribution is -2.83. The number of aliphatic hydroxyl groups is 3. The van der Waals surface area contributed by atoms with Gasteiger partial charge in [0, 0.05) is 29.6 Å². The second-order valence-corrected chi connectivity index (χ2v) is 10.4. The van der Waals surface area contributed by atoms with Crippen molar-refractivity contribution in [2.75, 3.05) is 13.2 Å². The van der Waals surface area contributed by atoms with E-state index in [1.165, 1.54) is 6.92 Å². The first kappa shape index (κ1) is 19.7. The highest BCUT2D eigenvalue weighted by Crippen LogP contribution is 2.76. The zero-order chi connectivity index (χ0) is 21.0. The van der Waals surface area contributed by atoms with Crippen LogP contribution < -0.4 is 0 Å². The summed E-state index contributed by atoms with van der Waals surface area (Å²) in [6.45, 7) is 7.57. The number of ketones is 1. The molecule has 29 heavy (non-hydrogen) atoms. The minimum Gasteiger partial charge on any atom is -0.465 e. The van der Waals surface area contributed by atoms with Gasteiger partial charge in [-0.15, -0.1) is 0 Å². The molecule has 7 nitrogen and oxygen atoms in total. The van der Waals surface area contributed by atoms with E-state index in [1.807, 2.05) is 6.92 Å². The number of carbonyl (C=O) groups is 2. The van der Waals surface area contributed by atoms with Crippen LogP contribution in [0.1, 0.15) is 46.0 Å². The fourth-order valence-electron chi connectivity index (χ4n) is 8.23. The maximum atomic E-state index is 13.4. The molecule has 2 spiro atoms. The Morgan fingerprint density at radius 3 is 2.72 bits per heavy atom. The van der Waals surface area contributed by atoms with Crippen LogP contribution in [0.4, 0.5) is 0 Å². The van der Waals surface area contributed by atoms with Gasteiger partial charge in [0.1, 0.15) is 6.10 Å². The van der Waals surface area contributed by atoms with Gasteiger partial charge in [0.05, 0.1) is 24.7 Å². The van der Waals surface area contributed by atoms with Crippen molar-refractivity contribution in [3.63, 3.8) is 0 Å². The van der Waals surface area contributed by atoms with Crippen LogP contribution in [0.15, 0.2) is 12.2 Å². The zero-order valence-corrected chi connectivity index (χ0v) is 17.0. The maximum absolute atomic E-state index is 13.4. The summed E-state index contributed by atoms with van der Waals surface area (Å²) in [4.78, 5) is 24.9. The van der Waals surface area contributed by atoms with Crippen molar-refractivity contribution in [3.05, 3.63) is 12.2 Å². The van der Waals surface area contributed by atoms with E-state index in [0.29, 0.717) is 24.8 Å². The molecule has 7 heteroatoms. The summed E-state index contributed by atoms with van der Waals surface area (Å²) in [6, 6.07) is 0. The first-order valence-corrected chi connectivity index (χ1v) is 10.6. The molecule has 0 unspecified atom stereocenters. The quantitative estimate of drug-likeness (QED) is 0.462. The third kappa shape index (κ3) is 2.03. The molecule has 2 heterocycles. The molecule has 0 aromatic carbocycles. The number of aliphatic hydroxyl groups excluding tert-OH is 2. The summed E-state index contributed by atoms with van der Waals surface area (Å²) in [5, 5.41) is 34.5. The minimum atomic E-state index is -2.07. The fourth-order valence-corrected chi connectivity index (χ4v) is 8.23. The number of fused-ring (bicyclic) bond motifs is 2. The van der Waals surface area contributed by atoms with Crippen molar-refractivity contribution in [2.45, 2.75) is 63.9 Å². The van der Waals surface area contributed by atoms with E-state index in [2.05, 4.69) is 6.58 Å². The lowest BCUT2D eigenvalue weighted by atomic mass is 9.36. The standard InChI is InChI=1S/C22H30O7/c1-11-13-7-14(24)15-20-6-4-5-19(3,9-28-12(2)23)16(20)18(26)22(27,29-10-20)21(15,8-13)17(11)25/h13-16,18,24,26-27H,1,4-10H2,2-3H3/t13-,14-,15-,16-,18+,19+,20-,21+,22-/m1/s1. The van der Waals surface area contributed by atoms with Gasteiger partial charge >= 0.3 is 5.97 Å². The monoisotopic (exact) mass is 406 g/mol. The van der Waals surface area contributed by atoms with Crippen LogP contribution >= 0.6 is 0 Å². The Hall–Kier alpha value is -1.28. The Bertz CT molecular complexity index is 809. The second-order valence-electron chi connectivity index (χ2n) is 10.4. The Morgan fingerprint density at radius 2 is 2.03 bits per heavy atom. The highest BCUT2D eigenvalue weighted by molar-refractivity contribution is 6.04. The largest absolute Gasteiger partial charge is 0.465 e. The van der Waals surface area contributed by atoms with Crippen molar-refractivity contribution in [1.82, 2.24) is 0 Å². The van der Waals surface area contributed by atoms with E-state index in [9.17, 15) is 24.9 Å². The number of allylic oxidation sites excluding steroid dienone is 1. The molecule has 2 aliphatic heterocycles. The lowest BCUT2D eigenvalue weighted by molar-refractivity contribution is -0.446. The van der Waals surface area contributed by atoms with Crippen LogP contribution in [0.25, 0.3) is 0 Å². The number of ether oxygens (including phenoxy) is 2. The molecule has 6 rings (SSSR count). The third-order valence-electron chi connectivity index (χ3n) is 9.10. The molecule has 6 aliphatic rings. The topological polar surface area (TPSA) is 113 Å². The van der Waals surface area contributed by atoms with Crippen LogP contribution in [-0.2, 0) is 19.1 Å². The number of hydrogen-bond acceptors (Lipinski definition) is 7. The van der Waals surface area contributed by atoms with Crippen LogP contribution in [-0.4, -0.2) is 58.3 Å². The Labute approximate surface area is 170 Å². The average molecular weight is 406 g/mol. The molecule has 4 aliphatic carbocycles. The van der Waals surface area contributed by atoms with Crippen LogP contribution in [0.5, 0.6) is 0 Å².